The van der Waals surface area contributed by atoms with Crippen molar-refractivity contribution in [2.45, 2.75) is 31.9 Å². The van der Waals surface area contributed by atoms with Gasteiger partial charge in [0.05, 0.1) is 6.10 Å². The van der Waals surface area contributed by atoms with Crippen molar-refractivity contribution in [2.75, 3.05) is 32.6 Å². The smallest absolute Gasteiger partial charge is 0.247 e. The van der Waals surface area contributed by atoms with Crippen molar-refractivity contribution in [3.8, 4) is 0 Å². The Morgan fingerprint density at radius 1 is 1.38 bits per heavy atom. The van der Waals surface area contributed by atoms with Gasteiger partial charge in [-0.3, -0.25) is 4.79 Å². The molecule has 0 aromatic heterocycles. The maximum atomic E-state index is 12.9. The van der Waals surface area contributed by atoms with Crippen molar-refractivity contribution in [3.63, 3.8) is 0 Å². The van der Waals surface area contributed by atoms with Crippen LogP contribution >= 0.6 is 0 Å². The number of anilines is 1. The lowest BCUT2D eigenvalue weighted by atomic mass is 9.84. The number of likely N-dealkylation sites (N-methyl/N-ethyl adjacent to an activating group) is 1. The number of nitrogens with one attached hydrogen (secondary N) is 3. The maximum absolute atomic E-state index is 12.9. The van der Waals surface area contributed by atoms with E-state index in [0.29, 0.717) is 13.0 Å². The molecule has 1 aliphatic rings. The molecule has 1 aliphatic heterocycles. The Morgan fingerprint density at radius 3 is 2.62 bits per heavy atom. The maximum Gasteiger partial charge on any atom is 0.247 e. The van der Waals surface area contributed by atoms with Crippen molar-refractivity contribution in [1.29, 1.82) is 0 Å². The Balaban J connectivity index is 2.28. The molecule has 21 heavy (non-hydrogen) atoms. The second-order valence-electron chi connectivity index (χ2n) is 5.62. The molecule has 5 heteroatoms. The highest BCUT2D eigenvalue weighted by Gasteiger charge is 2.46. The number of rotatable bonds is 4. The third-order valence-electron chi connectivity index (χ3n) is 4.43. The first-order valence-electron chi connectivity index (χ1n) is 7.35. The molecule has 0 bridgehead atoms. The molecule has 1 aromatic carbocycles. The average molecular weight is 291 g/mol. The van der Waals surface area contributed by atoms with Crippen LogP contribution < -0.4 is 16.0 Å². The minimum atomic E-state index is -0.700. The van der Waals surface area contributed by atoms with Crippen LogP contribution in [0.1, 0.15) is 17.5 Å². The van der Waals surface area contributed by atoms with Crippen LogP contribution in [0.5, 0.6) is 0 Å². The van der Waals surface area contributed by atoms with Gasteiger partial charge in [-0.1, -0.05) is 18.2 Å². The number of para-hydroxylation sites is 1. The summed E-state index contributed by atoms with van der Waals surface area (Å²) in [5.41, 5.74) is 2.33. The van der Waals surface area contributed by atoms with Crippen LogP contribution in [-0.4, -0.2) is 44.8 Å². The van der Waals surface area contributed by atoms with Crippen molar-refractivity contribution in [3.05, 3.63) is 29.3 Å². The lowest BCUT2D eigenvalue weighted by Gasteiger charge is -2.42. The molecule has 3 N–H and O–H groups in total. The van der Waals surface area contributed by atoms with E-state index in [4.69, 9.17) is 4.74 Å². The fourth-order valence-corrected chi connectivity index (χ4v) is 3.03. The van der Waals surface area contributed by atoms with Crippen molar-refractivity contribution < 1.29 is 9.53 Å². The van der Waals surface area contributed by atoms with Crippen molar-refractivity contribution in [1.82, 2.24) is 10.6 Å². The number of benzene rings is 1. The molecule has 1 saturated heterocycles. The summed E-state index contributed by atoms with van der Waals surface area (Å²) in [4.78, 5) is 12.9. The molecule has 116 valence electrons. The molecule has 0 saturated carbocycles. The molecule has 1 aromatic rings. The number of hydrogen-bond donors (Lipinski definition) is 3. The number of ether oxygens (including phenoxy) is 1. The molecule has 1 fully saturated rings. The molecule has 2 rings (SSSR count). The molecule has 2 atom stereocenters. The van der Waals surface area contributed by atoms with Gasteiger partial charge in [0.25, 0.3) is 0 Å². The molecule has 0 radical (unpaired) electrons. The van der Waals surface area contributed by atoms with Crippen LogP contribution in [0.15, 0.2) is 18.2 Å². The Bertz CT molecular complexity index is 498. The van der Waals surface area contributed by atoms with Gasteiger partial charge in [0.1, 0.15) is 5.54 Å². The summed E-state index contributed by atoms with van der Waals surface area (Å²) in [6.45, 7) is 5.47. The Labute approximate surface area is 126 Å². The number of amides is 1. The number of carbonyl (C=O) groups excluding carboxylic acids is 1. The number of hydrogen-bond acceptors (Lipinski definition) is 4. The third-order valence-corrected chi connectivity index (χ3v) is 4.43. The van der Waals surface area contributed by atoms with E-state index in [1.807, 2.05) is 39.1 Å². The summed E-state index contributed by atoms with van der Waals surface area (Å²) in [7, 11) is 3.47. The summed E-state index contributed by atoms with van der Waals surface area (Å²) >= 11 is 0. The zero-order valence-electron chi connectivity index (χ0n) is 13.2. The van der Waals surface area contributed by atoms with E-state index in [-0.39, 0.29) is 12.0 Å². The van der Waals surface area contributed by atoms with Crippen molar-refractivity contribution >= 4 is 11.6 Å². The van der Waals surface area contributed by atoms with Crippen LogP contribution in [-0.2, 0) is 9.53 Å². The summed E-state index contributed by atoms with van der Waals surface area (Å²) in [5, 5.41) is 9.57. The van der Waals surface area contributed by atoms with Crippen LogP contribution in [0, 0.1) is 13.8 Å². The predicted molar refractivity (Wildman–Crippen MR) is 84.6 cm³/mol. The number of methoxy groups -OCH3 is 1. The molecule has 1 amide bonds. The van der Waals surface area contributed by atoms with E-state index in [2.05, 4.69) is 16.0 Å². The summed E-state index contributed by atoms with van der Waals surface area (Å²) in [6.07, 6.45) is 0.499. The minimum absolute atomic E-state index is 0.0317. The average Bonchev–Trinajstić information content (AvgIpc) is 2.50. The van der Waals surface area contributed by atoms with E-state index in [1.54, 1.807) is 7.11 Å². The van der Waals surface area contributed by atoms with Crippen LogP contribution in [0.25, 0.3) is 0 Å². The van der Waals surface area contributed by atoms with Gasteiger partial charge >= 0.3 is 0 Å². The molecule has 2 unspecified atom stereocenters. The van der Waals surface area contributed by atoms with Gasteiger partial charge in [-0.05, 0) is 45.0 Å². The van der Waals surface area contributed by atoms with Crippen molar-refractivity contribution in [2.24, 2.45) is 0 Å². The normalized spacial score (nSPS) is 25.6. The summed E-state index contributed by atoms with van der Waals surface area (Å²) in [6, 6.07) is 6.01. The molecule has 0 aliphatic carbocycles. The number of aryl methyl sites for hydroxylation is 2. The minimum Gasteiger partial charge on any atom is -0.378 e. The van der Waals surface area contributed by atoms with Crippen LogP contribution in [0.2, 0.25) is 0 Å². The Morgan fingerprint density at radius 2 is 2.05 bits per heavy atom. The SMILES string of the molecule is CNC1(C(=O)Nc2c(C)cccc2C)CCNCC1OC. The highest BCUT2D eigenvalue weighted by molar-refractivity contribution is 6.00. The van der Waals surface area contributed by atoms with Gasteiger partial charge in [0.15, 0.2) is 0 Å². The van der Waals surface area contributed by atoms with Gasteiger partial charge in [-0.15, -0.1) is 0 Å². The summed E-state index contributed by atoms with van der Waals surface area (Å²) in [5.74, 6) is -0.0317. The highest BCUT2D eigenvalue weighted by atomic mass is 16.5. The Hall–Kier alpha value is -1.43. The molecule has 0 spiro atoms. The second kappa shape index (κ2) is 6.56. The molecule has 1 heterocycles. The van der Waals surface area contributed by atoms with Gasteiger partial charge in [0.2, 0.25) is 5.91 Å². The van der Waals surface area contributed by atoms with Crippen LogP contribution in [0.4, 0.5) is 5.69 Å². The first-order valence-corrected chi connectivity index (χ1v) is 7.35. The first-order chi connectivity index (χ1) is 10.0. The lowest BCUT2D eigenvalue weighted by molar-refractivity contribution is -0.130. The van der Waals surface area contributed by atoms with Gasteiger partial charge in [-0.25, -0.2) is 0 Å². The largest absolute Gasteiger partial charge is 0.378 e. The van der Waals surface area contributed by atoms with Crippen LogP contribution in [0.3, 0.4) is 0 Å². The number of carbonyl (C=O) groups is 1. The van der Waals surface area contributed by atoms with E-state index < -0.39 is 5.54 Å². The van der Waals surface area contributed by atoms with E-state index >= 15 is 0 Å². The Kier molecular flexibility index (Phi) is 4.98. The topological polar surface area (TPSA) is 62.4 Å². The second-order valence-corrected chi connectivity index (χ2v) is 5.62. The summed E-state index contributed by atoms with van der Waals surface area (Å²) < 4.78 is 5.53. The highest BCUT2D eigenvalue weighted by Crippen LogP contribution is 2.26. The quantitative estimate of drug-likeness (QED) is 0.780. The first kappa shape index (κ1) is 15.9. The molecular weight excluding hydrogens is 266 g/mol. The predicted octanol–water partition coefficient (Wildman–Crippen LogP) is 1.21. The van der Waals surface area contributed by atoms with E-state index in [1.165, 1.54) is 0 Å². The zero-order valence-corrected chi connectivity index (χ0v) is 13.2. The fourth-order valence-electron chi connectivity index (χ4n) is 3.03. The van der Waals surface area contributed by atoms with Gasteiger partial charge in [0, 0.05) is 19.3 Å². The zero-order chi connectivity index (χ0) is 15.5. The lowest BCUT2D eigenvalue weighted by Crippen LogP contribution is -2.67. The fraction of sp³-hybridized carbons (Fsp3) is 0.562. The standard InChI is InChI=1S/C16H25N3O2/c1-11-6-5-7-12(2)14(11)19-15(20)16(17-3)8-9-18-10-13(16)21-4/h5-7,13,17-18H,8-10H2,1-4H3,(H,19,20). The number of piperidine rings is 1. The molecule has 5 nitrogen and oxygen atoms in total. The third kappa shape index (κ3) is 2.95. The van der Waals surface area contributed by atoms with Gasteiger partial charge in [-0.2, -0.15) is 0 Å². The monoisotopic (exact) mass is 291 g/mol. The van der Waals surface area contributed by atoms with E-state index in [9.17, 15) is 4.79 Å². The van der Waals surface area contributed by atoms with Gasteiger partial charge < -0.3 is 20.7 Å². The molecular formula is C16H25N3O2. The van der Waals surface area contributed by atoms with E-state index in [0.717, 1.165) is 23.4 Å².